The van der Waals surface area contributed by atoms with Gasteiger partial charge in [0.2, 0.25) is 0 Å². The van der Waals surface area contributed by atoms with E-state index in [9.17, 15) is 4.79 Å². The highest BCUT2D eigenvalue weighted by Crippen LogP contribution is 2.31. The smallest absolute Gasteiger partial charge is 0.255 e. The summed E-state index contributed by atoms with van der Waals surface area (Å²) >= 11 is 5.97. The first-order valence-electron chi connectivity index (χ1n) is 9.79. The molecule has 0 aliphatic carbocycles. The van der Waals surface area contributed by atoms with Crippen LogP contribution in [-0.4, -0.2) is 27.6 Å². The van der Waals surface area contributed by atoms with Gasteiger partial charge in [-0.1, -0.05) is 29.8 Å². The molecule has 4 aromatic rings. The van der Waals surface area contributed by atoms with Gasteiger partial charge in [0, 0.05) is 48.5 Å². The monoisotopic (exact) mass is 439 g/mol. The van der Waals surface area contributed by atoms with E-state index in [4.69, 9.17) is 11.6 Å². The van der Waals surface area contributed by atoms with E-state index in [1.54, 1.807) is 10.6 Å². The Morgan fingerprint density at radius 1 is 0.933 bits per heavy atom. The number of benzene rings is 2. The van der Waals surface area contributed by atoms with Crippen molar-refractivity contribution >= 4 is 34.9 Å². The fourth-order valence-corrected chi connectivity index (χ4v) is 4.46. The maximum Gasteiger partial charge on any atom is 0.255 e. The zero-order valence-corrected chi connectivity index (χ0v) is 18.5. The first-order valence-corrected chi connectivity index (χ1v) is 10.2. The van der Waals surface area contributed by atoms with Crippen LogP contribution in [0.3, 0.4) is 0 Å². The fraction of sp³-hybridized carbons (Fsp3) is 0.208. The van der Waals surface area contributed by atoms with Crippen LogP contribution in [0, 0.1) is 0 Å². The molecule has 0 saturated heterocycles. The van der Waals surface area contributed by atoms with Gasteiger partial charge in [0.15, 0.2) is 0 Å². The Labute approximate surface area is 186 Å². The Kier molecular flexibility index (Phi) is 5.49. The van der Waals surface area contributed by atoms with Crippen molar-refractivity contribution in [2.45, 2.75) is 13.0 Å². The molecule has 0 N–H and O–H groups in total. The average Bonchev–Trinajstić information content (AvgIpc) is 2.99. The SMILES string of the molecule is CN1CCc2c(n(C)c3cc(-n4ccc(-c5ccc(Cl)cc5)cc4=O)ccc23)C1.Cl. The second-order valence-electron chi connectivity index (χ2n) is 7.80. The van der Waals surface area contributed by atoms with Crippen molar-refractivity contribution in [1.82, 2.24) is 14.0 Å². The zero-order valence-electron chi connectivity index (χ0n) is 16.9. The van der Waals surface area contributed by atoms with Crippen LogP contribution in [0.15, 0.2) is 65.6 Å². The number of likely N-dealkylation sites (N-methyl/N-ethyl adjacent to an activating group) is 1. The van der Waals surface area contributed by atoms with Crippen LogP contribution in [0.1, 0.15) is 11.3 Å². The van der Waals surface area contributed by atoms with Gasteiger partial charge in [0.05, 0.1) is 11.2 Å². The first-order chi connectivity index (χ1) is 14.0. The van der Waals surface area contributed by atoms with Crippen LogP contribution >= 0.6 is 24.0 Å². The first kappa shape index (κ1) is 20.7. The minimum atomic E-state index is -0.0458. The lowest BCUT2D eigenvalue weighted by Gasteiger charge is -2.23. The van der Waals surface area contributed by atoms with Crippen molar-refractivity contribution < 1.29 is 0 Å². The lowest BCUT2D eigenvalue weighted by atomic mass is 10.0. The second kappa shape index (κ2) is 7.95. The molecule has 3 heterocycles. The number of halogens is 2. The Balaban J connectivity index is 0.00000218. The third-order valence-corrected chi connectivity index (χ3v) is 6.21. The summed E-state index contributed by atoms with van der Waals surface area (Å²) in [5.74, 6) is 0. The van der Waals surface area contributed by atoms with Gasteiger partial charge < -0.3 is 9.47 Å². The molecular formula is C24H23Cl2N3O. The van der Waals surface area contributed by atoms with E-state index >= 15 is 0 Å². The van der Waals surface area contributed by atoms with Gasteiger partial charge in [-0.25, -0.2) is 0 Å². The van der Waals surface area contributed by atoms with Gasteiger partial charge in [-0.05, 0) is 60.5 Å². The molecule has 2 aromatic heterocycles. The van der Waals surface area contributed by atoms with Gasteiger partial charge in [-0.15, -0.1) is 12.4 Å². The molecule has 0 saturated carbocycles. The molecule has 6 heteroatoms. The van der Waals surface area contributed by atoms with Crippen LogP contribution in [0.5, 0.6) is 0 Å². The molecule has 0 atom stereocenters. The summed E-state index contributed by atoms with van der Waals surface area (Å²) in [6.07, 6.45) is 2.92. The normalized spacial score (nSPS) is 13.8. The third-order valence-electron chi connectivity index (χ3n) is 5.96. The number of fused-ring (bicyclic) bond motifs is 3. The predicted octanol–water partition coefficient (Wildman–Crippen LogP) is 5.06. The minimum absolute atomic E-state index is 0. The molecule has 30 heavy (non-hydrogen) atoms. The number of hydrogen-bond acceptors (Lipinski definition) is 2. The summed E-state index contributed by atoms with van der Waals surface area (Å²) in [5, 5.41) is 1.98. The Morgan fingerprint density at radius 2 is 1.70 bits per heavy atom. The Bertz CT molecular complexity index is 1290. The average molecular weight is 440 g/mol. The quantitative estimate of drug-likeness (QED) is 0.436. The van der Waals surface area contributed by atoms with E-state index in [1.807, 2.05) is 42.6 Å². The second-order valence-corrected chi connectivity index (χ2v) is 8.24. The molecule has 1 aliphatic rings. The maximum absolute atomic E-state index is 12.9. The van der Waals surface area contributed by atoms with Crippen LogP contribution in [-0.2, 0) is 20.0 Å². The molecule has 154 valence electrons. The molecule has 0 spiro atoms. The summed E-state index contributed by atoms with van der Waals surface area (Å²) in [7, 11) is 4.28. The van der Waals surface area contributed by atoms with Gasteiger partial charge >= 0.3 is 0 Å². The van der Waals surface area contributed by atoms with Crippen molar-refractivity contribution in [3.05, 3.63) is 87.4 Å². The zero-order chi connectivity index (χ0) is 20.1. The van der Waals surface area contributed by atoms with E-state index in [0.29, 0.717) is 5.02 Å². The number of nitrogens with zero attached hydrogens (tertiary/aromatic N) is 3. The topological polar surface area (TPSA) is 30.2 Å². The number of aryl methyl sites for hydroxylation is 1. The lowest BCUT2D eigenvalue weighted by molar-refractivity contribution is 0.305. The van der Waals surface area contributed by atoms with Crippen LogP contribution in [0.4, 0.5) is 0 Å². The minimum Gasteiger partial charge on any atom is -0.346 e. The van der Waals surface area contributed by atoms with E-state index in [2.05, 4.69) is 35.7 Å². The number of rotatable bonds is 2. The highest BCUT2D eigenvalue weighted by atomic mass is 35.5. The Morgan fingerprint density at radius 3 is 2.43 bits per heavy atom. The van der Waals surface area contributed by atoms with Gasteiger partial charge in [-0.2, -0.15) is 0 Å². The lowest BCUT2D eigenvalue weighted by Crippen LogP contribution is -2.27. The molecule has 5 rings (SSSR count). The largest absolute Gasteiger partial charge is 0.346 e. The van der Waals surface area contributed by atoms with Crippen molar-refractivity contribution in [3.8, 4) is 16.8 Å². The molecule has 1 aliphatic heterocycles. The number of pyridine rings is 1. The van der Waals surface area contributed by atoms with Crippen molar-refractivity contribution in [2.75, 3.05) is 13.6 Å². The molecule has 2 aromatic carbocycles. The summed E-state index contributed by atoms with van der Waals surface area (Å²) in [6.45, 7) is 2.05. The third kappa shape index (κ3) is 3.45. The van der Waals surface area contributed by atoms with Crippen molar-refractivity contribution in [1.29, 1.82) is 0 Å². The van der Waals surface area contributed by atoms with E-state index in [0.717, 1.165) is 36.3 Å². The number of aromatic nitrogens is 2. The molecular weight excluding hydrogens is 417 g/mol. The molecule has 0 radical (unpaired) electrons. The maximum atomic E-state index is 12.9. The standard InChI is InChI=1S/C24H22ClN3O.ClH/c1-26-11-10-21-20-8-7-19(14-22(20)27(2)23(21)15-26)28-12-9-17(13-24(28)29)16-3-5-18(25)6-4-16;/h3-9,12-14H,10-11,15H2,1-2H3;1H. The van der Waals surface area contributed by atoms with Gasteiger partial charge in [0.1, 0.15) is 0 Å². The summed E-state index contributed by atoms with van der Waals surface area (Å²) < 4.78 is 3.98. The van der Waals surface area contributed by atoms with E-state index in [1.165, 1.54) is 22.2 Å². The fourth-order valence-electron chi connectivity index (χ4n) is 4.34. The Hall–Kier alpha value is -2.53. The van der Waals surface area contributed by atoms with Gasteiger partial charge in [-0.3, -0.25) is 9.36 Å². The van der Waals surface area contributed by atoms with Crippen LogP contribution < -0.4 is 5.56 Å². The van der Waals surface area contributed by atoms with E-state index < -0.39 is 0 Å². The highest BCUT2D eigenvalue weighted by Gasteiger charge is 2.21. The molecule has 0 amide bonds. The molecule has 0 bridgehead atoms. The van der Waals surface area contributed by atoms with Crippen molar-refractivity contribution in [3.63, 3.8) is 0 Å². The molecule has 0 unspecified atom stereocenters. The predicted molar refractivity (Wildman–Crippen MR) is 126 cm³/mol. The molecule has 4 nitrogen and oxygen atoms in total. The van der Waals surface area contributed by atoms with E-state index in [-0.39, 0.29) is 18.0 Å². The summed E-state index contributed by atoms with van der Waals surface area (Å²) in [4.78, 5) is 15.2. The van der Waals surface area contributed by atoms with Crippen molar-refractivity contribution in [2.24, 2.45) is 7.05 Å². The van der Waals surface area contributed by atoms with Crippen LogP contribution in [0.25, 0.3) is 27.7 Å². The number of hydrogen-bond donors (Lipinski definition) is 0. The summed E-state index contributed by atoms with van der Waals surface area (Å²) in [6, 6.07) is 17.5. The summed E-state index contributed by atoms with van der Waals surface area (Å²) in [5.41, 5.74) is 6.70. The highest BCUT2D eigenvalue weighted by molar-refractivity contribution is 6.30. The van der Waals surface area contributed by atoms with Crippen LogP contribution in [0.2, 0.25) is 5.02 Å². The molecule has 0 fully saturated rings. The van der Waals surface area contributed by atoms with Gasteiger partial charge in [0.25, 0.3) is 5.56 Å².